The minimum atomic E-state index is -1.06. The van der Waals surface area contributed by atoms with Crippen LogP contribution in [0.1, 0.15) is 92.1 Å². The van der Waals surface area contributed by atoms with Gasteiger partial charge < -0.3 is 42.0 Å². The van der Waals surface area contributed by atoms with E-state index in [9.17, 15) is 43.2 Å². The van der Waals surface area contributed by atoms with Crippen molar-refractivity contribution < 1.29 is 47.9 Å². The van der Waals surface area contributed by atoms with Crippen LogP contribution in [0.2, 0.25) is 0 Å². The number of nitrogens with zero attached hydrogens (tertiary/aromatic N) is 3. The van der Waals surface area contributed by atoms with Gasteiger partial charge in [0.25, 0.3) is 0 Å². The van der Waals surface area contributed by atoms with Gasteiger partial charge in [0.05, 0.1) is 5.25 Å². The molecule has 1 aromatic carbocycles. The van der Waals surface area contributed by atoms with Gasteiger partial charge in [-0.2, -0.15) is 11.8 Å². The number of hydrogen-bond donors (Lipinski definition) is 6. The first-order valence-corrected chi connectivity index (χ1v) is 22.7. The van der Waals surface area contributed by atoms with E-state index in [0.717, 1.165) is 0 Å². The molecule has 1 fully saturated rings. The zero-order valence-electron chi connectivity index (χ0n) is 38.4. The molecule has 63 heavy (non-hydrogen) atoms. The van der Waals surface area contributed by atoms with Crippen LogP contribution in [0.25, 0.3) is 0 Å². The van der Waals surface area contributed by atoms with Crippen LogP contribution >= 0.6 is 11.8 Å². The fourth-order valence-corrected chi connectivity index (χ4v) is 7.50. The van der Waals surface area contributed by atoms with Crippen LogP contribution in [-0.2, 0) is 44.9 Å². The number of rotatable bonds is 25. The summed E-state index contributed by atoms with van der Waals surface area (Å²) in [6.07, 6.45) is 3.41. The van der Waals surface area contributed by atoms with Crippen LogP contribution in [-0.4, -0.2) is 138 Å². The molecule has 1 heterocycles. The SMILES string of the molecule is CSC1CC(=O)N(CCCCCC(=O)N[C@H](C(=O)N[C@@H](CCCNC(N)=O)C(=O)Nc2ccc(COC(=O)N(C)[C@H](C(=O)N[C@H](C(=O)N(C)C)C(C)C)C(C)C)cc2)C(C)C)C1=O. The van der Waals surface area contributed by atoms with Gasteiger partial charge >= 0.3 is 12.1 Å². The number of anilines is 1. The number of benzene rings is 1. The molecule has 0 saturated carbocycles. The lowest BCUT2D eigenvalue weighted by molar-refractivity contribution is -0.138. The lowest BCUT2D eigenvalue weighted by Gasteiger charge is -2.32. The van der Waals surface area contributed by atoms with Gasteiger partial charge in [-0.05, 0) is 67.4 Å². The summed E-state index contributed by atoms with van der Waals surface area (Å²) < 4.78 is 5.52. The highest BCUT2D eigenvalue weighted by molar-refractivity contribution is 8.00. The van der Waals surface area contributed by atoms with Crippen molar-refractivity contribution >= 4 is 70.9 Å². The predicted molar refractivity (Wildman–Crippen MR) is 240 cm³/mol. The van der Waals surface area contributed by atoms with Crippen molar-refractivity contribution in [3.8, 4) is 0 Å². The first-order chi connectivity index (χ1) is 29.6. The largest absolute Gasteiger partial charge is 0.445 e. The van der Waals surface area contributed by atoms with E-state index in [1.807, 2.05) is 13.8 Å². The Morgan fingerprint density at radius 1 is 0.810 bits per heavy atom. The maximum absolute atomic E-state index is 13.6. The van der Waals surface area contributed by atoms with Gasteiger partial charge in [0.2, 0.25) is 41.4 Å². The summed E-state index contributed by atoms with van der Waals surface area (Å²) in [5.74, 6) is -3.43. The molecule has 0 aliphatic carbocycles. The zero-order chi connectivity index (χ0) is 47.6. The highest BCUT2D eigenvalue weighted by atomic mass is 32.2. The molecule has 20 heteroatoms. The number of nitrogens with two attached hydrogens (primary N) is 1. The molecule has 1 saturated heterocycles. The average Bonchev–Trinajstić information content (AvgIpc) is 3.49. The fourth-order valence-electron chi connectivity index (χ4n) is 6.86. The van der Waals surface area contributed by atoms with Crippen molar-refractivity contribution in [2.45, 2.75) is 123 Å². The monoisotopic (exact) mass is 903 g/mol. The number of ether oxygens (including phenoxy) is 1. The second kappa shape index (κ2) is 26.3. The molecule has 0 aromatic heterocycles. The van der Waals surface area contributed by atoms with Gasteiger partial charge in [0.1, 0.15) is 30.8 Å². The summed E-state index contributed by atoms with van der Waals surface area (Å²) in [6, 6.07) is 2.00. The van der Waals surface area contributed by atoms with E-state index in [4.69, 9.17) is 10.5 Å². The molecule has 352 valence electrons. The normalized spacial score (nSPS) is 15.6. The van der Waals surface area contributed by atoms with Crippen LogP contribution in [0.5, 0.6) is 0 Å². The Labute approximate surface area is 375 Å². The Kier molecular flexibility index (Phi) is 22.4. The van der Waals surface area contributed by atoms with E-state index in [2.05, 4.69) is 26.6 Å². The number of primary amides is 1. The van der Waals surface area contributed by atoms with Crippen molar-refractivity contribution in [3.05, 3.63) is 29.8 Å². The van der Waals surface area contributed by atoms with E-state index >= 15 is 0 Å². The summed E-state index contributed by atoms with van der Waals surface area (Å²) in [4.78, 5) is 119. The summed E-state index contributed by atoms with van der Waals surface area (Å²) >= 11 is 1.36. The highest BCUT2D eigenvalue weighted by Gasteiger charge is 2.38. The molecule has 10 amide bonds. The number of urea groups is 1. The standard InChI is InChI=1S/C43H69N9O10S/c1-25(2)34(48-32(53)16-12-11-13-22-52-33(54)23-31(63-10)40(52)58)38(56)47-30(15-14-21-45-42(44)60)37(55)46-29-19-17-28(18-20-29)24-62-43(61)51(9)36(27(5)6)39(57)49-35(26(3)4)41(59)50(7)8/h17-20,25-27,30-31,34-36H,11-16,21-24H2,1-10H3,(H,46,55)(H,47,56)(H,48,53)(H,49,57)(H3,44,45,60)/t30-,31?,34-,35-,36-/m0/s1. The molecule has 1 aliphatic heterocycles. The molecule has 0 bridgehead atoms. The summed E-state index contributed by atoms with van der Waals surface area (Å²) in [7, 11) is 4.67. The molecule has 1 unspecified atom stereocenters. The molecular formula is C43H69N9O10S. The third kappa shape index (κ3) is 17.4. The summed E-state index contributed by atoms with van der Waals surface area (Å²) in [6.45, 7) is 11.0. The predicted octanol–water partition coefficient (Wildman–Crippen LogP) is 2.57. The number of likely N-dealkylation sites (tertiary alicyclic amines) is 1. The van der Waals surface area contributed by atoms with Crippen LogP contribution in [0.3, 0.4) is 0 Å². The topological polar surface area (TPSA) is 259 Å². The number of unbranched alkanes of at least 4 members (excludes halogenated alkanes) is 2. The third-order valence-electron chi connectivity index (χ3n) is 10.5. The quantitative estimate of drug-likeness (QED) is 0.0614. The minimum Gasteiger partial charge on any atom is -0.445 e. The van der Waals surface area contributed by atoms with Gasteiger partial charge in [-0.15, -0.1) is 0 Å². The maximum Gasteiger partial charge on any atom is 0.410 e. The first kappa shape index (κ1) is 53.7. The van der Waals surface area contributed by atoms with Crippen LogP contribution in [0.4, 0.5) is 15.3 Å². The van der Waals surface area contributed by atoms with E-state index in [0.29, 0.717) is 37.1 Å². The Morgan fingerprint density at radius 2 is 1.44 bits per heavy atom. The van der Waals surface area contributed by atoms with Crippen molar-refractivity contribution in [1.29, 1.82) is 0 Å². The number of carbonyl (C=O) groups is 9. The average molecular weight is 904 g/mol. The number of amides is 10. The van der Waals surface area contributed by atoms with Gasteiger partial charge in [-0.3, -0.25) is 43.4 Å². The van der Waals surface area contributed by atoms with E-state index < -0.39 is 54.0 Å². The number of imide groups is 1. The van der Waals surface area contributed by atoms with Crippen molar-refractivity contribution in [1.82, 2.24) is 36.0 Å². The summed E-state index contributed by atoms with van der Waals surface area (Å²) in [5.41, 5.74) is 6.15. The maximum atomic E-state index is 13.6. The number of carbonyl (C=O) groups excluding carboxylic acids is 9. The lowest BCUT2D eigenvalue weighted by atomic mass is 9.99. The molecule has 5 atom stereocenters. The zero-order valence-corrected chi connectivity index (χ0v) is 39.2. The molecule has 0 spiro atoms. The second-order valence-corrected chi connectivity index (χ2v) is 18.0. The smallest absolute Gasteiger partial charge is 0.410 e. The van der Waals surface area contributed by atoms with Crippen molar-refractivity contribution in [3.63, 3.8) is 0 Å². The lowest BCUT2D eigenvalue weighted by Crippen LogP contribution is -2.57. The van der Waals surface area contributed by atoms with Crippen molar-refractivity contribution in [2.24, 2.45) is 23.5 Å². The molecular weight excluding hydrogens is 835 g/mol. The molecule has 2 rings (SSSR count). The number of hydrogen-bond acceptors (Lipinski definition) is 11. The Bertz CT molecular complexity index is 1760. The minimum absolute atomic E-state index is 0.120. The van der Waals surface area contributed by atoms with E-state index in [-0.39, 0.29) is 85.5 Å². The van der Waals surface area contributed by atoms with Gasteiger partial charge in [-0.1, -0.05) is 60.1 Å². The third-order valence-corrected chi connectivity index (χ3v) is 11.4. The van der Waals surface area contributed by atoms with E-state index in [1.54, 1.807) is 72.3 Å². The van der Waals surface area contributed by atoms with Gasteiger partial charge in [-0.25, -0.2) is 9.59 Å². The highest BCUT2D eigenvalue weighted by Crippen LogP contribution is 2.23. The Balaban J connectivity index is 2.02. The number of nitrogens with one attached hydrogen (secondary N) is 5. The molecule has 0 radical (unpaired) electrons. The Hall–Kier alpha value is -5.40. The molecule has 1 aliphatic rings. The summed E-state index contributed by atoms with van der Waals surface area (Å²) in [5, 5.41) is 13.2. The van der Waals surface area contributed by atoms with Crippen LogP contribution < -0.4 is 32.3 Å². The van der Waals surface area contributed by atoms with Gasteiger partial charge in [0, 0.05) is 52.8 Å². The molecule has 7 N–H and O–H groups in total. The molecule has 19 nitrogen and oxygen atoms in total. The second-order valence-electron chi connectivity index (χ2n) is 16.9. The fraction of sp³-hybridized carbons (Fsp3) is 0.651. The Morgan fingerprint density at radius 3 is 1.98 bits per heavy atom. The van der Waals surface area contributed by atoms with Crippen LogP contribution in [0.15, 0.2) is 24.3 Å². The van der Waals surface area contributed by atoms with E-state index in [1.165, 1.54) is 33.5 Å². The van der Waals surface area contributed by atoms with Crippen molar-refractivity contribution in [2.75, 3.05) is 45.8 Å². The first-order valence-electron chi connectivity index (χ1n) is 21.4. The number of likely N-dealkylation sites (N-methyl/N-ethyl adjacent to an activating group) is 2. The number of thioether (sulfide) groups is 1. The van der Waals surface area contributed by atoms with Gasteiger partial charge in [0.15, 0.2) is 0 Å². The van der Waals surface area contributed by atoms with Crippen LogP contribution in [0, 0.1) is 17.8 Å². The molecule has 1 aromatic rings.